The average Bonchev–Trinajstić information content (AvgIpc) is 2.28. The summed E-state index contributed by atoms with van der Waals surface area (Å²) in [7, 11) is 0. The largest absolute Gasteiger partial charge is 0.298 e. The van der Waals surface area contributed by atoms with Crippen molar-refractivity contribution in [2.75, 3.05) is 17.8 Å². The summed E-state index contributed by atoms with van der Waals surface area (Å²) in [4.78, 5) is 13.8. The van der Waals surface area contributed by atoms with E-state index in [1.807, 2.05) is 6.07 Å². The van der Waals surface area contributed by atoms with Crippen LogP contribution in [0.15, 0.2) is 28.0 Å². The number of carbonyl (C=O) groups is 1. The Labute approximate surface area is 108 Å². The minimum absolute atomic E-state index is 0.221. The first-order chi connectivity index (χ1) is 7.21. The summed E-state index contributed by atoms with van der Waals surface area (Å²) in [6.45, 7) is 0. The number of halogens is 1. The first-order valence-electron chi connectivity index (χ1n) is 4.49. The highest BCUT2D eigenvalue weighted by Crippen LogP contribution is 2.29. The van der Waals surface area contributed by atoms with Gasteiger partial charge in [-0.2, -0.15) is 0 Å². The van der Waals surface area contributed by atoms with Crippen molar-refractivity contribution in [3.05, 3.63) is 23.8 Å². The summed E-state index contributed by atoms with van der Waals surface area (Å²) in [6.07, 6.45) is 4.65. The average molecular weight is 305 g/mol. The molecule has 0 aliphatic rings. The van der Waals surface area contributed by atoms with Crippen molar-refractivity contribution in [1.29, 1.82) is 0 Å². The van der Waals surface area contributed by atoms with E-state index in [9.17, 15) is 4.79 Å². The highest BCUT2D eigenvalue weighted by Gasteiger charge is 2.05. The maximum absolute atomic E-state index is 11.3. The van der Waals surface area contributed by atoms with Gasteiger partial charge >= 0.3 is 0 Å². The van der Waals surface area contributed by atoms with Crippen LogP contribution < -0.4 is 0 Å². The summed E-state index contributed by atoms with van der Waals surface area (Å²) >= 11 is 6.64. The zero-order chi connectivity index (χ0) is 11.3. The van der Waals surface area contributed by atoms with Crippen molar-refractivity contribution in [3.8, 4) is 0 Å². The number of thioether (sulfide) groups is 2. The minimum atomic E-state index is 0.221. The molecule has 0 heterocycles. The Hall–Kier alpha value is 0.0700. The normalized spacial score (nSPS) is 10.3. The second kappa shape index (κ2) is 6.61. The molecule has 0 radical (unpaired) electrons. The number of Topliss-reactive ketones (excluding diaryl/α,β-unsaturated/α-hetero) is 1. The third-order valence-corrected chi connectivity index (χ3v) is 4.33. The molecule has 1 nitrogen and oxygen atoms in total. The van der Waals surface area contributed by atoms with Crippen LogP contribution in [0.25, 0.3) is 0 Å². The molecule has 0 saturated carbocycles. The van der Waals surface area contributed by atoms with Crippen LogP contribution in [0.3, 0.4) is 0 Å². The van der Waals surface area contributed by atoms with E-state index < -0.39 is 0 Å². The Balaban J connectivity index is 2.88. The van der Waals surface area contributed by atoms with Gasteiger partial charge in [-0.05, 0) is 30.2 Å². The molecular formula is C11H13BrOS2. The van der Waals surface area contributed by atoms with Crippen molar-refractivity contribution < 1.29 is 4.79 Å². The lowest BCUT2D eigenvalue weighted by molar-refractivity contribution is -0.115. The molecule has 0 unspecified atom stereocenters. The second-order valence-corrected chi connectivity index (χ2v) is 5.30. The first-order valence-corrected chi connectivity index (χ1v) is 8.07. The van der Waals surface area contributed by atoms with Gasteiger partial charge in [0, 0.05) is 16.2 Å². The molecule has 0 aliphatic carbocycles. The Kier molecular flexibility index (Phi) is 5.79. The molecule has 82 valence electrons. The lowest BCUT2D eigenvalue weighted by Gasteiger charge is -2.06. The van der Waals surface area contributed by atoms with Gasteiger partial charge in [0.1, 0.15) is 5.78 Å². The molecular weight excluding hydrogens is 292 g/mol. The molecule has 0 spiro atoms. The van der Waals surface area contributed by atoms with Crippen LogP contribution >= 0.6 is 39.5 Å². The number of rotatable bonds is 5. The van der Waals surface area contributed by atoms with E-state index >= 15 is 0 Å². The molecule has 4 heteroatoms. The van der Waals surface area contributed by atoms with Gasteiger partial charge in [-0.3, -0.25) is 4.79 Å². The second-order valence-electron chi connectivity index (χ2n) is 3.04. The minimum Gasteiger partial charge on any atom is -0.298 e. The van der Waals surface area contributed by atoms with E-state index in [4.69, 9.17) is 0 Å². The van der Waals surface area contributed by atoms with Crippen LogP contribution in [-0.2, 0) is 11.2 Å². The summed E-state index contributed by atoms with van der Waals surface area (Å²) in [5.41, 5.74) is 1.10. The molecule has 0 aromatic heterocycles. The third-order valence-electron chi connectivity index (χ3n) is 2.00. The number of hydrogen-bond acceptors (Lipinski definition) is 3. The van der Waals surface area contributed by atoms with Gasteiger partial charge in [0.25, 0.3) is 0 Å². The Bertz CT molecular complexity index is 352. The Morgan fingerprint density at radius 3 is 2.47 bits per heavy atom. The van der Waals surface area contributed by atoms with Gasteiger partial charge in [-0.15, -0.1) is 23.5 Å². The molecule has 0 fully saturated rings. The van der Waals surface area contributed by atoms with Crippen LogP contribution in [0, 0.1) is 0 Å². The third kappa shape index (κ3) is 3.85. The van der Waals surface area contributed by atoms with Crippen LogP contribution in [0.1, 0.15) is 5.56 Å². The van der Waals surface area contributed by atoms with Crippen LogP contribution in [-0.4, -0.2) is 23.6 Å². The molecule has 0 bridgehead atoms. The van der Waals surface area contributed by atoms with Gasteiger partial charge in [0.05, 0.1) is 5.33 Å². The van der Waals surface area contributed by atoms with E-state index in [0.29, 0.717) is 11.8 Å². The fraction of sp³-hybridized carbons (Fsp3) is 0.364. The fourth-order valence-electron chi connectivity index (χ4n) is 1.27. The molecule has 15 heavy (non-hydrogen) atoms. The quantitative estimate of drug-likeness (QED) is 0.611. The highest BCUT2D eigenvalue weighted by atomic mass is 79.9. The number of alkyl halides is 1. The first kappa shape index (κ1) is 13.1. The van der Waals surface area contributed by atoms with Gasteiger partial charge in [-0.1, -0.05) is 22.0 Å². The van der Waals surface area contributed by atoms with Crippen LogP contribution in [0.4, 0.5) is 0 Å². The molecule has 0 N–H and O–H groups in total. The van der Waals surface area contributed by atoms with Crippen molar-refractivity contribution >= 4 is 45.2 Å². The predicted molar refractivity (Wildman–Crippen MR) is 72.5 cm³/mol. The van der Waals surface area contributed by atoms with E-state index in [1.54, 1.807) is 23.5 Å². The summed E-state index contributed by atoms with van der Waals surface area (Å²) < 4.78 is 0. The van der Waals surface area contributed by atoms with Gasteiger partial charge < -0.3 is 0 Å². The molecule has 0 saturated heterocycles. The monoisotopic (exact) mass is 304 g/mol. The Morgan fingerprint density at radius 2 is 1.93 bits per heavy atom. The summed E-state index contributed by atoms with van der Waals surface area (Å²) in [6, 6.07) is 6.23. The number of benzene rings is 1. The van der Waals surface area contributed by atoms with E-state index in [1.165, 1.54) is 9.79 Å². The topological polar surface area (TPSA) is 17.1 Å². The van der Waals surface area contributed by atoms with E-state index in [0.717, 1.165) is 5.56 Å². The standard InChI is InChI=1S/C11H13BrOS2/c1-14-10-4-3-8(5-9(13)7-12)6-11(10)15-2/h3-4,6H,5,7H2,1-2H3. The summed E-state index contributed by atoms with van der Waals surface area (Å²) in [5, 5.41) is 0.436. The number of ketones is 1. The van der Waals surface area contributed by atoms with Crippen LogP contribution in [0.5, 0.6) is 0 Å². The zero-order valence-electron chi connectivity index (χ0n) is 8.75. The molecule has 1 rings (SSSR count). The zero-order valence-corrected chi connectivity index (χ0v) is 12.0. The highest BCUT2D eigenvalue weighted by molar-refractivity contribution is 9.09. The smallest absolute Gasteiger partial charge is 0.147 e. The Morgan fingerprint density at radius 1 is 1.27 bits per heavy atom. The lowest BCUT2D eigenvalue weighted by atomic mass is 10.1. The predicted octanol–water partition coefficient (Wildman–Crippen LogP) is 3.64. The maximum atomic E-state index is 11.3. The lowest BCUT2D eigenvalue weighted by Crippen LogP contribution is -2.03. The van der Waals surface area contributed by atoms with Crippen LogP contribution in [0.2, 0.25) is 0 Å². The molecule has 1 aromatic rings. The van der Waals surface area contributed by atoms with Crippen molar-refractivity contribution in [3.63, 3.8) is 0 Å². The van der Waals surface area contributed by atoms with E-state index in [2.05, 4.69) is 40.6 Å². The van der Waals surface area contributed by atoms with Crippen molar-refractivity contribution in [1.82, 2.24) is 0 Å². The molecule has 1 aromatic carbocycles. The fourth-order valence-corrected chi connectivity index (χ4v) is 2.97. The number of carbonyl (C=O) groups excluding carboxylic acids is 1. The maximum Gasteiger partial charge on any atom is 0.147 e. The molecule has 0 amide bonds. The van der Waals surface area contributed by atoms with Gasteiger partial charge in [0.2, 0.25) is 0 Å². The molecule has 0 atom stereocenters. The van der Waals surface area contributed by atoms with E-state index in [-0.39, 0.29) is 5.78 Å². The SMILES string of the molecule is CSc1ccc(CC(=O)CBr)cc1SC. The van der Waals surface area contributed by atoms with Crippen molar-refractivity contribution in [2.24, 2.45) is 0 Å². The van der Waals surface area contributed by atoms with Gasteiger partial charge in [0.15, 0.2) is 0 Å². The summed E-state index contributed by atoms with van der Waals surface area (Å²) in [5.74, 6) is 0.221. The van der Waals surface area contributed by atoms with Crippen molar-refractivity contribution in [2.45, 2.75) is 16.2 Å². The molecule has 0 aliphatic heterocycles. The number of hydrogen-bond donors (Lipinski definition) is 0. The van der Waals surface area contributed by atoms with Gasteiger partial charge in [-0.25, -0.2) is 0 Å².